The maximum absolute atomic E-state index is 6.30. The van der Waals surface area contributed by atoms with Gasteiger partial charge in [-0.3, -0.25) is 4.99 Å². The molecular weight excluding hydrogens is 399 g/mol. The Balaban J connectivity index is 1.43. The number of benzene rings is 2. The summed E-state index contributed by atoms with van der Waals surface area (Å²) in [7, 11) is -0.386. The number of rotatable bonds is 1. The molecule has 1 saturated heterocycles. The van der Waals surface area contributed by atoms with Crippen molar-refractivity contribution in [1.82, 2.24) is 0 Å². The molecule has 3 heterocycles. The third-order valence-corrected chi connectivity index (χ3v) is 7.28. The van der Waals surface area contributed by atoms with Crippen LogP contribution in [-0.2, 0) is 9.31 Å². The van der Waals surface area contributed by atoms with Gasteiger partial charge < -0.3 is 19.4 Å². The van der Waals surface area contributed by atoms with Crippen molar-refractivity contribution in [3.63, 3.8) is 0 Å². The smallest absolute Gasteiger partial charge is 0.453 e. The average Bonchev–Trinajstić information content (AvgIpc) is 3.21. The van der Waals surface area contributed by atoms with Gasteiger partial charge in [-0.05, 0) is 81.9 Å². The van der Waals surface area contributed by atoms with Crippen molar-refractivity contribution >= 4 is 24.1 Å². The van der Waals surface area contributed by atoms with E-state index in [1.807, 2.05) is 0 Å². The predicted molar refractivity (Wildman–Crippen MR) is 127 cm³/mol. The number of allylic oxidation sites excluding steroid dienone is 2. The van der Waals surface area contributed by atoms with Crippen LogP contribution < -0.4 is 20.6 Å². The van der Waals surface area contributed by atoms with E-state index >= 15 is 0 Å². The van der Waals surface area contributed by atoms with Gasteiger partial charge in [0.2, 0.25) is 0 Å². The Morgan fingerprint density at radius 1 is 0.969 bits per heavy atom. The van der Waals surface area contributed by atoms with Crippen LogP contribution >= 0.6 is 0 Å². The van der Waals surface area contributed by atoms with Crippen LogP contribution in [0.5, 0.6) is 11.5 Å². The van der Waals surface area contributed by atoms with Crippen molar-refractivity contribution < 1.29 is 14.0 Å². The minimum atomic E-state index is -0.386. The molecule has 0 aromatic heterocycles. The molecule has 1 atom stereocenters. The lowest BCUT2D eigenvalue weighted by atomic mass is 9.74. The molecule has 1 fully saturated rings. The molecule has 0 radical (unpaired) electrons. The Bertz CT molecular complexity index is 1350. The summed E-state index contributed by atoms with van der Waals surface area (Å²) in [6.07, 6.45) is 6.44. The molecule has 0 spiro atoms. The quantitative estimate of drug-likeness (QED) is 0.585. The lowest BCUT2D eigenvalue weighted by Gasteiger charge is -2.32. The standard InChI is InChI=1S/C26H27BN2O3/c1-14-7-10-18-20(11-14)30-21-12-15(2)23-22(24(21)28-18)17-9-8-16(13-19(17)29-23)27-31-25(3,4)26(5,6)32-27/h7-13,19,28H,1-6H3. The highest BCUT2D eigenvalue weighted by molar-refractivity contribution is 6.55. The molecule has 2 aromatic carbocycles. The molecule has 5 nitrogen and oxygen atoms in total. The van der Waals surface area contributed by atoms with Crippen LogP contribution in [0, 0.1) is 13.8 Å². The number of hydrogen-bond donors (Lipinski definition) is 1. The first-order chi connectivity index (χ1) is 15.1. The highest BCUT2D eigenvalue weighted by Gasteiger charge is 2.52. The second-order valence-corrected chi connectivity index (χ2v) is 10.1. The van der Waals surface area contributed by atoms with Crippen LogP contribution in [0.4, 0.5) is 11.4 Å². The van der Waals surface area contributed by atoms with Crippen molar-refractivity contribution in [2.24, 2.45) is 4.99 Å². The summed E-state index contributed by atoms with van der Waals surface area (Å²) in [5.74, 6) is 1.70. The molecule has 32 heavy (non-hydrogen) atoms. The summed E-state index contributed by atoms with van der Waals surface area (Å²) in [5, 5.41) is 5.75. The van der Waals surface area contributed by atoms with Crippen LogP contribution in [-0.4, -0.2) is 24.4 Å². The number of nitrogens with one attached hydrogen (secondary N) is 1. The number of anilines is 2. The molecule has 6 heteroatoms. The number of hydrogen-bond acceptors (Lipinski definition) is 5. The molecule has 162 valence electrons. The summed E-state index contributed by atoms with van der Waals surface area (Å²) in [5.41, 5.74) is 5.71. The van der Waals surface area contributed by atoms with Crippen LogP contribution in [0.2, 0.25) is 0 Å². The highest BCUT2D eigenvalue weighted by atomic mass is 16.7. The van der Waals surface area contributed by atoms with E-state index in [1.54, 1.807) is 0 Å². The predicted octanol–water partition coefficient (Wildman–Crippen LogP) is 4.43. The van der Waals surface area contributed by atoms with Gasteiger partial charge in [0.05, 0.1) is 34.0 Å². The van der Waals surface area contributed by atoms with E-state index in [0.717, 1.165) is 44.5 Å². The summed E-state index contributed by atoms with van der Waals surface area (Å²) in [4.78, 5) is 5.07. The first-order valence-electron chi connectivity index (χ1n) is 11.2. The van der Waals surface area contributed by atoms with Crippen LogP contribution in [0.1, 0.15) is 38.8 Å². The Labute approximate surface area is 188 Å². The summed E-state index contributed by atoms with van der Waals surface area (Å²) in [6, 6.07) is 8.25. The Hall–Kier alpha value is -2.83. The fraction of sp³-hybridized carbons (Fsp3) is 0.346. The fourth-order valence-electron chi connectivity index (χ4n) is 4.72. The minimum absolute atomic E-state index is 0.0598. The highest BCUT2D eigenvalue weighted by Crippen LogP contribution is 2.42. The van der Waals surface area contributed by atoms with Crippen molar-refractivity contribution in [2.75, 3.05) is 5.32 Å². The Morgan fingerprint density at radius 3 is 2.47 bits per heavy atom. The SMILES string of the molecule is Cc1ccc2c(c1)Oc1cc(C)c3c(c1N2)=C1C=CC(B2OC(C)(C)C(C)(C)O2)=CC1N=3. The zero-order valence-electron chi connectivity index (χ0n) is 19.4. The third-order valence-electron chi connectivity index (χ3n) is 7.28. The lowest BCUT2D eigenvalue weighted by molar-refractivity contribution is 0.00578. The molecule has 1 unspecified atom stereocenters. The van der Waals surface area contributed by atoms with Crippen molar-refractivity contribution in [1.29, 1.82) is 0 Å². The molecule has 4 aliphatic rings. The van der Waals surface area contributed by atoms with Gasteiger partial charge in [-0.2, -0.15) is 0 Å². The summed E-state index contributed by atoms with van der Waals surface area (Å²) in [6.45, 7) is 12.5. The second kappa shape index (κ2) is 6.36. The van der Waals surface area contributed by atoms with Crippen LogP contribution in [0.25, 0.3) is 5.57 Å². The molecule has 1 N–H and O–H groups in total. The van der Waals surface area contributed by atoms with Crippen molar-refractivity contribution in [3.8, 4) is 11.5 Å². The second-order valence-electron chi connectivity index (χ2n) is 10.1. The topological polar surface area (TPSA) is 52.1 Å². The third kappa shape index (κ3) is 2.76. The van der Waals surface area contributed by atoms with Crippen molar-refractivity contribution in [3.05, 3.63) is 69.7 Å². The van der Waals surface area contributed by atoms with E-state index in [4.69, 9.17) is 19.0 Å². The van der Waals surface area contributed by atoms with E-state index in [-0.39, 0.29) is 24.4 Å². The van der Waals surface area contributed by atoms with Gasteiger partial charge in [-0.15, -0.1) is 0 Å². The van der Waals surface area contributed by atoms with Gasteiger partial charge in [0.15, 0.2) is 11.5 Å². The minimum Gasteiger partial charge on any atom is -0.453 e. The number of ether oxygens (including phenoxy) is 1. The van der Waals surface area contributed by atoms with E-state index in [9.17, 15) is 0 Å². The van der Waals surface area contributed by atoms with Gasteiger partial charge in [0.1, 0.15) is 0 Å². The molecule has 0 amide bonds. The van der Waals surface area contributed by atoms with Gasteiger partial charge >= 0.3 is 7.12 Å². The number of fused-ring (bicyclic) bond motifs is 5. The first kappa shape index (κ1) is 19.8. The largest absolute Gasteiger partial charge is 0.494 e. The molecule has 0 bridgehead atoms. The Morgan fingerprint density at radius 2 is 1.72 bits per heavy atom. The van der Waals surface area contributed by atoms with E-state index in [1.165, 1.54) is 11.1 Å². The zero-order chi connectivity index (χ0) is 22.4. The summed E-state index contributed by atoms with van der Waals surface area (Å²) < 4.78 is 18.8. The van der Waals surface area contributed by atoms with E-state index < -0.39 is 0 Å². The average molecular weight is 426 g/mol. The van der Waals surface area contributed by atoms with Crippen LogP contribution in [0.15, 0.2) is 53.0 Å². The fourth-order valence-corrected chi connectivity index (χ4v) is 4.72. The van der Waals surface area contributed by atoms with E-state index in [0.29, 0.717) is 0 Å². The van der Waals surface area contributed by atoms with Gasteiger partial charge in [-0.25, -0.2) is 0 Å². The normalized spacial score (nSPS) is 23.3. The maximum atomic E-state index is 6.30. The molecule has 6 rings (SSSR count). The molecule has 2 aromatic rings. The van der Waals surface area contributed by atoms with Crippen LogP contribution in [0.3, 0.4) is 0 Å². The number of aryl methyl sites for hydroxylation is 2. The molecule has 1 aliphatic carbocycles. The van der Waals surface area contributed by atoms with Gasteiger partial charge in [0.25, 0.3) is 0 Å². The van der Waals surface area contributed by atoms with E-state index in [2.05, 4.69) is 89.4 Å². The maximum Gasteiger partial charge on any atom is 0.494 e. The molecule has 0 saturated carbocycles. The van der Waals surface area contributed by atoms with Gasteiger partial charge in [0, 0.05) is 5.22 Å². The van der Waals surface area contributed by atoms with Crippen molar-refractivity contribution in [2.45, 2.75) is 58.8 Å². The monoisotopic (exact) mass is 426 g/mol. The summed E-state index contributed by atoms with van der Waals surface area (Å²) >= 11 is 0. The zero-order valence-corrected chi connectivity index (χ0v) is 19.4. The van der Waals surface area contributed by atoms with Gasteiger partial charge in [-0.1, -0.05) is 24.3 Å². The lowest BCUT2D eigenvalue weighted by Crippen LogP contribution is -2.41. The molecule has 3 aliphatic heterocycles. The first-order valence-corrected chi connectivity index (χ1v) is 11.2. The molecular formula is C26H27BN2O3. The number of nitrogens with zero attached hydrogens (tertiary/aromatic N) is 1. The Kier molecular flexibility index (Phi) is 3.94.